The normalized spacial score (nSPS) is 16.0. The van der Waals surface area contributed by atoms with Gasteiger partial charge in [-0.1, -0.05) is 86.6 Å². The first-order valence-electron chi connectivity index (χ1n) is 12.0. The summed E-state index contributed by atoms with van der Waals surface area (Å²) in [5, 5.41) is 0. The molecule has 0 saturated carbocycles. The molecule has 0 spiro atoms. The zero-order chi connectivity index (χ0) is 24.6. The van der Waals surface area contributed by atoms with Crippen LogP contribution in [-0.2, 0) is 18.5 Å². The summed E-state index contributed by atoms with van der Waals surface area (Å²) in [4.78, 5) is 21.5. The van der Waals surface area contributed by atoms with E-state index in [0.29, 0.717) is 12.4 Å². The van der Waals surface area contributed by atoms with Crippen molar-refractivity contribution < 1.29 is 4.39 Å². The van der Waals surface area contributed by atoms with E-state index in [9.17, 15) is 9.18 Å². The van der Waals surface area contributed by atoms with Gasteiger partial charge in [-0.2, -0.15) is 0 Å². The van der Waals surface area contributed by atoms with Crippen LogP contribution in [-0.4, -0.2) is 21.0 Å². The van der Waals surface area contributed by atoms with E-state index in [1.165, 1.54) is 17.7 Å². The third-order valence-electron chi connectivity index (χ3n) is 6.83. The molecule has 4 aromatic rings. The van der Waals surface area contributed by atoms with Crippen molar-refractivity contribution in [3.05, 3.63) is 135 Å². The highest BCUT2D eigenvalue weighted by molar-refractivity contribution is 5.36. The molecule has 0 amide bonds. The molecule has 178 valence electrons. The molecule has 0 saturated heterocycles. The molecule has 3 aromatic carbocycles. The second-order valence-electron chi connectivity index (χ2n) is 10.0. The first-order valence-corrected chi connectivity index (χ1v) is 12.0. The Morgan fingerprint density at radius 1 is 0.914 bits per heavy atom. The fourth-order valence-electron chi connectivity index (χ4n) is 5.32. The van der Waals surface area contributed by atoms with E-state index in [1.54, 1.807) is 16.7 Å². The number of fused-ring (bicyclic) bond motifs is 1. The molecule has 1 aliphatic heterocycles. The summed E-state index contributed by atoms with van der Waals surface area (Å²) in [5.74, 6) is 0.364. The average molecular weight is 468 g/mol. The van der Waals surface area contributed by atoms with Gasteiger partial charge in [0.25, 0.3) is 5.56 Å². The van der Waals surface area contributed by atoms with Crippen LogP contribution in [0.4, 0.5) is 4.39 Å². The van der Waals surface area contributed by atoms with Gasteiger partial charge in [0.05, 0.1) is 17.3 Å². The molecular formula is C30H30FN3O. The van der Waals surface area contributed by atoms with E-state index < -0.39 is 6.04 Å². The van der Waals surface area contributed by atoms with Crippen molar-refractivity contribution in [2.24, 2.45) is 0 Å². The third-order valence-corrected chi connectivity index (χ3v) is 6.83. The maximum Gasteiger partial charge on any atom is 0.259 e. The SMILES string of the molecule is Cc1nc2c(c(=O)n1C(c1ccccc1)c1ccc(F)cc1)CN(Cc1ccccc1)CC2(C)C. The van der Waals surface area contributed by atoms with E-state index in [-0.39, 0.29) is 16.8 Å². The van der Waals surface area contributed by atoms with Crippen molar-refractivity contribution in [2.45, 2.75) is 45.3 Å². The van der Waals surface area contributed by atoms with Gasteiger partial charge in [-0.3, -0.25) is 14.3 Å². The van der Waals surface area contributed by atoms with E-state index in [1.807, 2.05) is 55.5 Å². The molecule has 1 aromatic heterocycles. The van der Waals surface area contributed by atoms with Crippen LogP contribution in [0.15, 0.2) is 89.7 Å². The van der Waals surface area contributed by atoms with Crippen LogP contribution in [0.5, 0.6) is 0 Å². The van der Waals surface area contributed by atoms with Gasteiger partial charge in [0, 0.05) is 25.0 Å². The van der Waals surface area contributed by atoms with E-state index in [4.69, 9.17) is 4.98 Å². The van der Waals surface area contributed by atoms with Gasteiger partial charge in [-0.05, 0) is 35.7 Å². The van der Waals surface area contributed by atoms with Crippen LogP contribution in [0.3, 0.4) is 0 Å². The summed E-state index contributed by atoms with van der Waals surface area (Å²) in [6.45, 7) is 8.36. The number of rotatable bonds is 5. The minimum absolute atomic E-state index is 0.0310. The molecule has 4 nitrogen and oxygen atoms in total. The lowest BCUT2D eigenvalue weighted by atomic mass is 9.82. The number of aryl methyl sites for hydroxylation is 1. The van der Waals surface area contributed by atoms with E-state index in [0.717, 1.165) is 35.5 Å². The molecule has 1 aliphatic rings. The molecule has 1 unspecified atom stereocenters. The van der Waals surface area contributed by atoms with Crippen molar-refractivity contribution >= 4 is 0 Å². The Balaban J connectivity index is 1.64. The highest BCUT2D eigenvalue weighted by Crippen LogP contribution is 2.33. The van der Waals surface area contributed by atoms with E-state index >= 15 is 0 Å². The zero-order valence-electron chi connectivity index (χ0n) is 20.4. The Morgan fingerprint density at radius 2 is 1.51 bits per heavy atom. The summed E-state index contributed by atoms with van der Waals surface area (Å²) < 4.78 is 15.5. The third kappa shape index (κ3) is 4.56. The number of hydrogen-bond donors (Lipinski definition) is 0. The second-order valence-corrected chi connectivity index (χ2v) is 10.0. The standard InChI is InChI=1S/C30H30FN3O/c1-21-32-28-26(19-33(20-30(28,2)3)18-22-10-6-4-7-11-22)29(35)34(21)27(23-12-8-5-9-13-23)24-14-16-25(31)17-15-24/h4-17,27H,18-20H2,1-3H3. The number of aromatic nitrogens is 2. The van der Waals surface area contributed by atoms with Crippen LogP contribution in [0.2, 0.25) is 0 Å². The lowest BCUT2D eigenvalue weighted by molar-refractivity contribution is 0.179. The van der Waals surface area contributed by atoms with Crippen LogP contribution in [0.25, 0.3) is 0 Å². The fourth-order valence-corrected chi connectivity index (χ4v) is 5.32. The largest absolute Gasteiger partial charge is 0.294 e. The number of benzene rings is 3. The van der Waals surface area contributed by atoms with Crippen LogP contribution < -0.4 is 5.56 Å². The molecule has 1 atom stereocenters. The lowest BCUT2D eigenvalue weighted by Gasteiger charge is -2.39. The maximum atomic E-state index is 14.2. The van der Waals surface area contributed by atoms with Crippen molar-refractivity contribution in [3.63, 3.8) is 0 Å². The number of nitrogens with zero attached hydrogens (tertiary/aromatic N) is 3. The van der Waals surface area contributed by atoms with Gasteiger partial charge in [0.2, 0.25) is 0 Å². The van der Waals surface area contributed by atoms with Gasteiger partial charge in [-0.15, -0.1) is 0 Å². The summed E-state index contributed by atoms with van der Waals surface area (Å²) in [7, 11) is 0. The Kier molecular flexibility index (Phi) is 6.12. The predicted molar refractivity (Wildman–Crippen MR) is 137 cm³/mol. The number of hydrogen-bond acceptors (Lipinski definition) is 3. The van der Waals surface area contributed by atoms with Crippen molar-refractivity contribution in [1.82, 2.24) is 14.5 Å². The Hall–Kier alpha value is -3.57. The predicted octanol–water partition coefficient (Wildman–Crippen LogP) is 5.62. The molecule has 0 bridgehead atoms. The summed E-state index contributed by atoms with van der Waals surface area (Å²) in [6, 6.07) is 26.2. The van der Waals surface area contributed by atoms with Gasteiger partial charge in [0.1, 0.15) is 11.6 Å². The molecular weight excluding hydrogens is 437 g/mol. The number of halogens is 1. The first kappa shape index (κ1) is 23.2. The minimum atomic E-state index is -0.394. The summed E-state index contributed by atoms with van der Waals surface area (Å²) in [5.41, 5.74) is 4.36. The molecule has 5 heteroatoms. The van der Waals surface area contributed by atoms with Crippen LogP contribution >= 0.6 is 0 Å². The Morgan fingerprint density at radius 3 is 2.17 bits per heavy atom. The second kappa shape index (κ2) is 9.23. The maximum absolute atomic E-state index is 14.2. The lowest BCUT2D eigenvalue weighted by Crippen LogP contribution is -2.47. The molecule has 35 heavy (non-hydrogen) atoms. The summed E-state index contributed by atoms with van der Waals surface area (Å²) >= 11 is 0. The van der Waals surface area contributed by atoms with Crippen LogP contribution in [0.1, 0.15) is 53.7 Å². The Labute approximate surface area is 205 Å². The molecule has 0 radical (unpaired) electrons. The molecule has 2 heterocycles. The molecule has 5 rings (SSSR count). The van der Waals surface area contributed by atoms with Crippen molar-refractivity contribution in [1.29, 1.82) is 0 Å². The van der Waals surface area contributed by atoms with E-state index in [2.05, 4.69) is 30.9 Å². The Bertz CT molecular complexity index is 1380. The highest BCUT2D eigenvalue weighted by atomic mass is 19.1. The summed E-state index contributed by atoms with van der Waals surface area (Å²) in [6.07, 6.45) is 0. The topological polar surface area (TPSA) is 38.1 Å². The fraction of sp³-hybridized carbons (Fsp3) is 0.267. The smallest absolute Gasteiger partial charge is 0.259 e. The first-order chi connectivity index (χ1) is 16.8. The van der Waals surface area contributed by atoms with Gasteiger partial charge >= 0.3 is 0 Å². The van der Waals surface area contributed by atoms with Gasteiger partial charge in [-0.25, -0.2) is 9.37 Å². The molecule has 0 N–H and O–H groups in total. The molecule has 0 fully saturated rings. The monoisotopic (exact) mass is 467 g/mol. The van der Waals surface area contributed by atoms with Crippen LogP contribution in [0, 0.1) is 12.7 Å². The minimum Gasteiger partial charge on any atom is -0.294 e. The average Bonchev–Trinajstić information content (AvgIpc) is 2.84. The zero-order valence-corrected chi connectivity index (χ0v) is 20.4. The van der Waals surface area contributed by atoms with Crippen molar-refractivity contribution in [2.75, 3.05) is 6.54 Å². The molecule has 0 aliphatic carbocycles. The quantitative estimate of drug-likeness (QED) is 0.382. The van der Waals surface area contributed by atoms with Gasteiger partial charge in [0.15, 0.2) is 0 Å². The highest BCUT2D eigenvalue weighted by Gasteiger charge is 2.36. The van der Waals surface area contributed by atoms with Crippen molar-refractivity contribution in [3.8, 4) is 0 Å². The van der Waals surface area contributed by atoms with Gasteiger partial charge < -0.3 is 0 Å².